The Morgan fingerprint density at radius 1 is 0.409 bits per heavy atom. The van der Waals surface area contributed by atoms with Gasteiger partial charge >= 0.3 is 6.92 Å². The van der Waals surface area contributed by atoms with Crippen LogP contribution in [0.15, 0.2) is 345 Å². The number of carbonyl (C=O) groups is 1. The number of hydrogen-bond donors (Lipinski definition) is 4. The summed E-state index contributed by atoms with van der Waals surface area (Å²) in [5, 5.41) is 18.0. The van der Waals surface area contributed by atoms with Gasteiger partial charge in [0.2, 0.25) is 0 Å². The van der Waals surface area contributed by atoms with Gasteiger partial charge < -0.3 is 30.4 Å². The zero-order valence-corrected chi connectivity index (χ0v) is 73.2. The predicted molar refractivity (Wildman–Crippen MR) is 492 cm³/mol. The first-order chi connectivity index (χ1) is 55.8. The van der Waals surface area contributed by atoms with Gasteiger partial charge in [0, 0.05) is 115 Å². The number of alkyl halides is 4. The lowest BCUT2D eigenvalue weighted by molar-refractivity contribution is 0.0423. The molecule has 1 unspecified atom stereocenters. The number of thioether (sulfide) groups is 1. The van der Waals surface area contributed by atoms with Crippen LogP contribution in [0.4, 0.5) is 28.9 Å². The van der Waals surface area contributed by atoms with E-state index in [0.29, 0.717) is 5.56 Å². The van der Waals surface area contributed by atoms with E-state index in [9.17, 15) is 22.4 Å². The van der Waals surface area contributed by atoms with Gasteiger partial charge in [-0.2, -0.15) is 35.5 Å². The summed E-state index contributed by atoms with van der Waals surface area (Å²) in [7, 11) is 0. The van der Waals surface area contributed by atoms with E-state index in [2.05, 4.69) is 274 Å². The Bertz CT molecular complexity index is 4700. The van der Waals surface area contributed by atoms with Crippen LogP contribution in [-0.2, 0) is 34.1 Å². The largest absolute Gasteiger partial charge is 0.498 e. The lowest BCUT2D eigenvalue weighted by atomic mass is 9.60. The maximum atomic E-state index is 14.4. The lowest BCUT2D eigenvalue weighted by Crippen LogP contribution is -2.43. The number of hydrogen-bond acceptors (Lipinski definition) is 10. The molecule has 0 aliphatic carbocycles. The molecule has 3 heterocycles. The molecule has 0 spiro atoms. The lowest BCUT2D eigenvalue weighted by Gasteiger charge is -2.30. The third kappa shape index (κ3) is 31.1. The summed E-state index contributed by atoms with van der Waals surface area (Å²) >= 11 is 19.3. The number of anilines is 2. The molecule has 596 valence electrons. The molecule has 3 fully saturated rings. The SMILES string of the molecule is Brc1ccc(Cc2ccccc2)cc1.CCS.CCSC(C)(c1ccccc1)c1ccc(Br)cc1.FC(F)(c1ccccc1)c1ccc(Br)cc1.FC(F)(c1ccccc1)c1ccc(N2CCNCC2)cc1.N#COB1CCNCC1.O=C(c1ccccc1)c1ccc(Br)cc1.c1ccc(Cc2ccc(N3CCNCC3)cc2)cc1. The van der Waals surface area contributed by atoms with Crippen LogP contribution in [0, 0.1) is 11.5 Å². The molecular weight excluding hydrogens is 1740 g/mol. The molecular formula is C96H99BBr4F4N6O2S2. The summed E-state index contributed by atoms with van der Waals surface area (Å²) in [6.07, 6.45) is 5.67. The Morgan fingerprint density at radius 3 is 1.05 bits per heavy atom. The summed E-state index contributed by atoms with van der Waals surface area (Å²) in [4.78, 5) is 16.6. The standard InChI is InChI=1S/C17H18F2N2.C17H20N2.C16H17BrS.C13H9BrF2.C13H9BrO.C13H11Br.C5H9BN2O.C2H6S/c18-17(19,14-4-2-1-3-5-14)15-6-8-16(9-7-15)21-12-10-20-11-13-21;1-2-4-15(5-3-1)14-16-6-8-17(9-7-16)19-12-10-18-11-13-19;1-3-18-16(2,13-7-5-4-6-8-13)14-9-11-15(17)12-10-14;14-12-8-6-11(7-9-12)13(15,16)10-4-2-1-3-5-10;14-12-8-6-11(7-9-12)13(15)10-4-2-1-3-5-10;14-13-8-6-12(7-9-13)10-11-4-2-1-3-5-11;7-5-9-6-1-3-8-4-2-6;1-2-3/h1-9,20H,10-13H2;1-9,18H,10-14H2;4-12H,3H2,1-2H3;1-9H;1-9H;1-9H,10H2;8H,1-4H2;3H,2H2,1H3. The number of benzene rings is 12. The second kappa shape index (κ2) is 50.2. The number of carbonyl (C=O) groups excluding carboxylic acids is 1. The van der Waals surface area contributed by atoms with Gasteiger partial charge in [-0.3, -0.25) is 4.79 Å². The second-order valence-corrected chi connectivity index (χ2v) is 33.0. The number of nitrogens with zero attached hydrogens (tertiary/aromatic N) is 3. The van der Waals surface area contributed by atoms with Crippen molar-refractivity contribution in [3.63, 3.8) is 0 Å². The molecule has 0 amide bonds. The molecule has 3 aliphatic heterocycles. The number of nitrogens with one attached hydrogen (secondary N) is 3. The molecule has 15 rings (SSSR count). The van der Waals surface area contributed by atoms with Gasteiger partial charge in [0.15, 0.2) is 5.78 Å². The maximum Gasteiger partial charge on any atom is 0.375 e. The zero-order valence-electron chi connectivity index (χ0n) is 65.1. The molecule has 8 nitrogen and oxygen atoms in total. The van der Waals surface area contributed by atoms with E-state index >= 15 is 0 Å². The van der Waals surface area contributed by atoms with Gasteiger partial charge in [-0.25, -0.2) is 0 Å². The smallest absolute Gasteiger partial charge is 0.375 e. The van der Waals surface area contributed by atoms with E-state index in [1.807, 2.05) is 79.3 Å². The number of thiol groups is 1. The quantitative estimate of drug-likeness (QED) is 0.0234. The van der Waals surface area contributed by atoms with E-state index in [-0.39, 0.29) is 39.7 Å². The molecule has 3 saturated heterocycles. The number of nitriles is 1. The number of piperazine rings is 2. The van der Waals surface area contributed by atoms with Gasteiger partial charge in [-0.15, -0.1) is 11.8 Å². The zero-order chi connectivity index (χ0) is 81.9. The molecule has 0 aromatic heterocycles. The Labute approximate surface area is 722 Å². The molecule has 0 saturated carbocycles. The first kappa shape index (κ1) is 92.0. The molecule has 12 aromatic rings. The Balaban J connectivity index is 0.000000168. The van der Waals surface area contributed by atoms with Gasteiger partial charge in [0.25, 0.3) is 18.1 Å². The van der Waals surface area contributed by atoms with Crippen LogP contribution in [0.3, 0.4) is 0 Å². The first-order valence-corrected chi connectivity index (χ1v) is 43.3. The van der Waals surface area contributed by atoms with Gasteiger partial charge in [0.1, 0.15) is 0 Å². The first-order valence-electron chi connectivity index (χ1n) is 38.6. The number of rotatable bonds is 17. The van der Waals surface area contributed by atoms with Gasteiger partial charge in [-0.1, -0.05) is 320 Å². The molecule has 3 aliphatic rings. The summed E-state index contributed by atoms with van der Waals surface area (Å²) < 4.78 is 65.7. The molecule has 19 heteroatoms. The van der Waals surface area contributed by atoms with Crippen LogP contribution in [-0.4, -0.2) is 89.7 Å². The van der Waals surface area contributed by atoms with Crippen molar-refractivity contribution in [1.82, 2.24) is 16.0 Å². The van der Waals surface area contributed by atoms with E-state index in [4.69, 9.17) is 9.92 Å². The fourth-order valence-electron chi connectivity index (χ4n) is 12.6. The average Bonchev–Trinajstić information content (AvgIpc) is 0.803. The number of halogens is 8. The van der Waals surface area contributed by atoms with Crippen LogP contribution in [0.1, 0.15) is 92.3 Å². The fourth-order valence-corrected chi connectivity index (χ4v) is 14.8. The Hall–Kier alpha value is -8.52. The highest BCUT2D eigenvalue weighted by Gasteiger charge is 2.35. The second-order valence-electron chi connectivity index (χ2n) is 27.0. The average molecular weight is 1840 g/mol. The van der Waals surface area contributed by atoms with E-state index < -0.39 is 11.8 Å². The highest BCUT2D eigenvalue weighted by molar-refractivity contribution is 9.11. The molecule has 1 atom stereocenters. The molecule has 0 radical (unpaired) electrons. The molecule has 3 N–H and O–H groups in total. The van der Waals surface area contributed by atoms with Crippen LogP contribution in [0.25, 0.3) is 0 Å². The van der Waals surface area contributed by atoms with Crippen LogP contribution in [0.2, 0.25) is 12.6 Å². The number of ketones is 1. The van der Waals surface area contributed by atoms with E-state index in [1.54, 1.807) is 66.9 Å². The van der Waals surface area contributed by atoms with E-state index in [1.165, 1.54) is 87.6 Å². The third-order valence-corrected chi connectivity index (χ3v) is 22.3. The molecule has 0 bridgehead atoms. The van der Waals surface area contributed by atoms with Gasteiger partial charge in [0.05, 0.1) is 4.75 Å². The van der Waals surface area contributed by atoms with Crippen molar-refractivity contribution < 1.29 is 27.0 Å². The molecule has 12 aromatic carbocycles. The van der Waals surface area contributed by atoms with Crippen molar-refractivity contribution in [2.45, 2.75) is 62.8 Å². The van der Waals surface area contributed by atoms with Crippen LogP contribution >= 0.6 is 88.1 Å². The minimum absolute atomic E-state index is 0.00176. The van der Waals surface area contributed by atoms with Crippen molar-refractivity contribution in [2.24, 2.45) is 0 Å². The monoisotopic (exact) mass is 1830 g/mol. The van der Waals surface area contributed by atoms with Crippen LogP contribution < -0.4 is 25.8 Å². The minimum Gasteiger partial charge on any atom is -0.498 e. The highest BCUT2D eigenvalue weighted by Crippen LogP contribution is 2.43. The summed E-state index contributed by atoms with van der Waals surface area (Å²) in [6.45, 7) is 16.7. The predicted octanol–water partition coefficient (Wildman–Crippen LogP) is 24.7. The van der Waals surface area contributed by atoms with E-state index in [0.717, 1.165) is 132 Å². The Morgan fingerprint density at radius 2 is 0.678 bits per heavy atom. The summed E-state index contributed by atoms with van der Waals surface area (Å²) in [5.41, 5.74) is 12.0. The van der Waals surface area contributed by atoms with Gasteiger partial charge in [-0.05, 0) is 175 Å². The fraction of sp³-hybridized carbons (Fsp3) is 0.229. The van der Waals surface area contributed by atoms with Crippen molar-refractivity contribution >= 4 is 112 Å². The topological polar surface area (TPSA) is 92.7 Å². The van der Waals surface area contributed by atoms with Crippen molar-refractivity contribution in [1.29, 1.82) is 5.26 Å². The van der Waals surface area contributed by atoms with Crippen LogP contribution in [0.5, 0.6) is 0 Å². The van der Waals surface area contributed by atoms with Crippen molar-refractivity contribution in [3.8, 4) is 6.26 Å². The molecule has 115 heavy (non-hydrogen) atoms. The van der Waals surface area contributed by atoms with Crippen molar-refractivity contribution in [2.75, 3.05) is 86.8 Å². The third-order valence-electron chi connectivity index (χ3n) is 18.8. The Kier molecular flexibility index (Phi) is 40.1. The maximum absolute atomic E-state index is 14.4. The van der Waals surface area contributed by atoms with Crippen molar-refractivity contribution in [3.05, 3.63) is 412 Å². The summed E-state index contributed by atoms with van der Waals surface area (Å²) in [6, 6.07) is 103. The normalized spacial score (nSPS) is 13.4. The minimum atomic E-state index is -2.96. The highest BCUT2D eigenvalue weighted by atomic mass is 79.9. The summed E-state index contributed by atoms with van der Waals surface area (Å²) in [5.74, 6) is -3.80.